The van der Waals surface area contributed by atoms with E-state index in [-0.39, 0.29) is 5.92 Å². The summed E-state index contributed by atoms with van der Waals surface area (Å²) in [6, 6.07) is 0. The molecule has 0 rings (SSSR count). The lowest BCUT2D eigenvalue weighted by atomic mass is 10.1. The normalized spacial score (nSPS) is 11.5. The number of hydrogen-bond donors (Lipinski definition) is 1. The molecule has 0 aliphatic carbocycles. The Kier molecular flexibility index (Phi) is 3.90. The molecule has 13 heavy (non-hydrogen) atoms. The monoisotopic (exact) mass is 197 g/mol. The molecule has 0 aromatic rings. The van der Waals surface area contributed by atoms with E-state index < -0.39 is 24.4 Å². The maximum Gasteiger partial charge on any atom is 0.471 e. The number of hydrogen-bond acceptors (Lipinski definition) is 2. The first-order valence-corrected chi connectivity index (χ1v) is 3.63. The molecule has 0 heterocycles. The molecular weight excluding hydrogens is 187 g/mol. The van der Waals surface area contributed by atoms with Gasteiger partial charge in [0.25, 0.3) is 0 Å². The van der Waals surface area contributed by atoms with Crippen molar-refractivity contribution in [1.82, 2.24) is 5.32 Å². The summed E-state index contributed by atoms with van der Waals surface area (Å²) in [4.78, 5) is 21.0. The van der Waals surface area contributed by atoms with Gasteiger partial charge in [-0.1, -0.05) is 13.8 Å². The maximum absolute atomic E-state index is 11.6. The van der Waals surface area contributed by atoms with Crippen molar-refractivity contribution in [2.24, 2.45) is 5.92 Å². The number of amides is 1. The molecule has 0 aromatic carbocycles. The summed E-state index contributed by atoms with van der Waals surface area (Å²) >= 11 is 0. The molecule has 1 amide bonds. The van der Waals surface area contributed by atoms with E-state index in [1.54, 1.807) is 13.8 Å². The Morgan fingerprint density at radius 3 is 2.08 bits per heavy atom. The van der Waals surface area contributed by atoms with E-state index in [0.717, 1.165) is 0 Å². The smallest absolute Gasteiger partial charge is 0.341 e. The third-order valence-corrected chi connectivity index (χ3v) is 1.32. The Morgan fingerprint density at radius 2 is 1.77 bits per heavy atom. The van der Waals surface area contributed by atoms with Crippen LogP contribution in [0.4, 0.5) is 13.2 Å². The number of carbonyl (C=O) groups is 2. The van der Waals surface area contributed by atoms with E-state index in [1.807, 2.05) is 0 Å². The zero-order valence-electron chi connectivity index (χ0n) is 7.23. The standard InChI is InChI=1S/C7H10F3NO2/c1-4(2)5(12)3-11-6(13)7(8,9)10/h4H,3H2,1-2H3,(H,11,13). The second-order valence-corrected chi connectivity index (χ2v) is 2.80. The Morgan fingerprint density at radius 1 is 1.31 bits per heavy atom. The molecule has 0 unspecified atom stereocenters. The van der Waals surface area contributed by atoms with Gasteiger partial charge in [0.2, 0.25) is 0 Å². The van der Waals surface area contributed by atoms with Crippen LogP contribution in [-0.2, 0) is 9.59 Å². The molecule has 0 radical (unpaired) electrons. The summed E-state index contributed by atoms with van der Waals surface area (Å²) in [6.45, 7) is 2.51. The highest BCUT2D eigenvalue weighted by Gasteiger charge is 2.38. The van der Waals surface area contributed by atoms with Crippen LogP contribution in [0.5, 0.6) is 0 Å². The van der Waals surface area contributed by atoms with E-state index in [9.17, 15) is 22.8 Å². The minimum absolute atomic E-state index is 0.381. The van der Waals surface area contributed by atoms with E-state index in [4.69, 9.17) is 0 Å². The Bertz CT molecular complexity index is 210. The second-order valence-electron chi connectivity index (χ2n) is 2.80. The zero-order valence-corrected chi connectivity index (χ0v) is 7.23. The highest BCUT2D eigenvalue weighted by atomic mass is 19.4. The Balaban J connectivity index is 3.92. The predicted molar refractivity (Wildman–Crippen MR) is 38.9 cm³/mol. The highest BCUT2D eigenvalue weighted by molar-refractivity contribution is 5.89. The van der Waals surface area contributed by atoms with E-state index in [2.05, 4.69) is 0 Å². The molecule has 76 valence electrons. The summed E-state index contributed by atoms with van der Waals surface area (Å²) in [6.07, 6.45) is -4.92. The van der Waals surface area contributed by atoms with Crippen LogP contribution in [0.25, 0.3) is 0 Å². The lowest BCUT2D eigenvalue weighted by Crippen LogP contribution is -2.40. The van der Waals surface area contributed by atoms with Crippen molar-refractivity contribution in [2.75, 3.05) is 6.54 Å². The third-order valence-electron chi connectivity index (χ3n) is 1.32. The SMILES string of the molecule is CC(C)C(=O)CNC(=O)C(F)(F)F. The van der Waals surface area contributed by atoms with Gasteiger partial charge in [-0.2, -0.15) is 13.2 Å². The van der Waals surface area contributed by atoms with E-state index in [0.29, 0.717) is 0 Å². The minimum atomic E-state index is -4.92. The Hall–Kier alpha value is -1.07. The fourth-order valence-electron chi connectivity index (χ4n) is 0.472. The van der Waals surface area contributed by atoms with Gasteiger partial charge < -0.3 is 5.32 Å². The molecule has 0 fully saturated rings. The van der Waals surface area contributed by atoms with Gasteiger partial charge in [0.1, 0.15) is 0 Å². The average Bonchev–Trinajstić information content (AvgIpc) is 1.97. The second kappa shape index (κ2) is 4.25. The van der Waals surface area contributed by atoms with Gasteiger partial charge in [-0.25, -0.2) is 0 Å². The fraction of sp³-hybridized carbons (Fsp3) is 0.714. The van der Waals surface area contributed by atoms with Crippen LogP contribution in [0, 0.1) is 5.92 Å². The van der Waals surface area contributed by atoms with Crippen LogP contribution < -0.4 is 5.32 Å². The topological polar surface area (TPSA) is 46.2 Å². The van der Waals surface area contributed by atoms with Crippen LogP contribution in [0.1, 0.15) is 13.8 Å². The zero-order chi connectivity index (χ0) is 10.6. The number of carbonyl (C=O) groups excluding carboxylic acids is 2. The van der Waals surface area contributed by atoms with Crippen LogP contribution in [0.15, 0.2) is 0 Å². The van der Waals surface area contributed by atoms with Crippen LogP contribution in [0.2, 0.25) is 0 Å². The van der Waals surface area contributed by atoms with Crippen molar-refractivity contribution < 1.29 is 22.8 Å². The molecule has 6 heteroatoms. The lowest BCUT2D eigenvalue weighted by Gasteiger charge is -2.08. The first kappa shape index (κ1) is 11.9. The van der Waals surface area contributed by atoms with E-state index in [1.165, 1.54) is 5.32 Å². The molecular formula is C7H10F3NO2. The largest absolute Gasteiger partial charge is 0.471 e. The van der Waals surface area contributed by atoms with Gasteiger partial charge in [-0.3, -0.25) is 9.59 Å². The molecule has 0 saturated carbocycles. The molecule has 1 N–H and O–H groups in total. The van der Waals surface area contributed by atoms with Crippen molar-refractivity contribution in [3.05, 3.63) is 0 Å². The first-order chi connectivity index (χ1) is 5.75. The van der Waals surface area contributed by atoms with Gasteiger partial charge >= 0.3 is 12.1 Å². The van der Waals surface area contributed by atoms with Crippen molar-refractivity contribution in [3.8, 4) is 0 Å². The maximum atomic E-state index is 11.6. The van der Waals surface area contributed by atoms with Gasteiger partial charge in [0.05, 0.1) is 6.54 Å². The molecule has 0 aliphatic heterocycles. The summed E-state index contributed by atoms with van der Waals surface area (Å²) in [5.41, 5.74) is 0. The number of alkyl halides is 3. The quantitative estimate of drug-likeness (QED) is 0.730. The van der Waals surface area contributed by atoms with Gasteiger partial charge in [0, 0.05) is 5.92 Å². The van der Waals surface area contributed by atoms with Gasteiger partial charge in [0.15, 0.2) is 5.78 Å². The Labute approximate surface area is 73.3 Å². The molecule has 0 bridgehead atoms. The van der Waals surface area contributed by atoms with Crippen molar-refractivity contribution in [1.29, 1.82) is 0 Å². The number of Topliss-reactive ketones (excluding diaryl/α,β-unsaturated/α-hetero) is 1. The number of ketones is 1. The molecule has 0 aromatic heterocycles. The summed E-state index contributed by atoms with van der Waals surface area (Å²) < 4.78 is 34.7. The number of nitrogens with one attached hydrogen (secondary N) is 1. The van der Waals surface area contributed by atoms with Crippen LogP contribution in [-0.4, -0.2) is 24.4 Å². The molecule has 0 aliphatic rings. The average molecular weight is 197 g/mol. The summed E-state index contributed by atoms with van der Waals surface area (Å²) in [7, 11) is 0. The summed E-state index contributed by atoms with van der Waals surface area (Å²) in [5.74, 6) is -2.90. The van der Waals surface area contributed by atoms with Crippen LogP contribution in [0.3, 0.4) is 0 Å². The van der Waals surface area contributed by atoms with Crippen LogP contribution >= 0.6 is 0 Å². The van der Waals surface area contributed by atoms with Gasteiger partial charge in [-0.15, -0.1) is 0 Å². The van der Waals surface area contributed by atoms with E-state index >= 15 is 0 Å². The molecule has 0 spiro atoms. The van der Waals surface area contributed by atoms with Crippen molar-refractivity contribution in [3.63, 3.8) is 0 Å². The van der Waals surface area contributed by atoms with Crippen molar-refractivity contribution in [2.45, 2.75) is 20.0 Å². The lowest BCUT2D eigenvalue weighted by molar-refractivity contribution is -0.173. The fourth-order valence-corrected chi connectivity index (χ4v) is 0.472. The highest BCUT2D eigenvalue weighted by Crippen LogP contribution is 2.13. The minimum Gasteiger partial charge on any atom is -0.341 e. The van der Waals surface area contributed by atoms with Gasteiger partial charge in [-0.05, 0) is 0 Å². The molecule has 3 nitrogen and oxygen atoms in total. The first-order valence-electron chi connectivity index (χ1n) is 3.63. The third kappa shape index (κ3) is 4.49. The molecule has 0 atom stereocenters. The predicted octanol–water partition coefficient (Wildman–Crippen LogP) is 0.890. The number of rotatable bonds is 3. The molecule has 0 saturated heterocycles. The number of halogens is 3. The van der Waals surface area contributed by atoms with Crippen molar-refractivity contribution >= 4 is 11.7 Å². The summed E-state index contributed by atoms with van der Waals surface area (Å²) in [5, 5.41) is 1.49.